The molecule has 100 valence electrons. The lowest BCUT2D eigenvalue weighted by Crippen LogP contribution is -2.33. The van der Waals surface area contributed by atoms with Crippen LogP contribution in [0.3, 0.4) is 0 Å². The van der Waals surface area contributed by atoms with E-state index in [1.54, 1.807) is 0 Å². The van der Waals surface area contributed by atoms with Crippen molar-refractivity contribution in [3.63, 3.8) is 0 Å². The number of allylic oxidation sites excluding steroid dienone is 2. The second kappa shape index (κ2) is 7.17. The minimum absolute atomic E-state index is 0.206. The van der Waals surface area contributed by atoms with Crippen LogP contribution in [-0.2, 0) is 0 Å². The Hall–Kier alpha value is -0.340. The van der Waals surface area contributed by atoms with Gasteiger partial charge in [0.1, 0.15) is 0 Å². The van der Waals surface area contributed by atoms with Crippen LogP contribution in [0.2, 0.25) is 0 Å². The number of aliphatic hydroxyl groups is 2. The minimum atomic E-state index is -0.330. The molecule has 2 nitrogen and oxygen atoms in total. The fourth-order valence-electron chi connectivity index (χ4n) is 2.92. The van der Waals surface area contributed by atoms with Gasteiger partial charge in [0.2, 0.25) is 0 Å². The zero-order valence-electron chi connectivity index (χ0n) is 11.5. The maximum atomic E-state index is 10.2. The Balaban J connectivity index is 2.69. The van der Waals surface area contributed by atoms with Gasteiger partial charge >= 0.3 is 0 Å². The quantitative estimate of drug-likeness (QED) is 0.585. The van der Waals surface area contributed by atoms with E-state index in [1.165, 1.54) is 18.4 Å². The van der Waals surface area contributed by atoms with Crippen LogP contribution >= 0.6 is 0 Å². The molecule has 0 radical (unpaired) electrons. The Morgan fingerprint density at radius 3 is 2.47 bits per heavy atom. The SMILES string of the molecule is CC(C)=CCC(C(C)O)C1CCCCCC1O. The summed E-state index contributed by atoms with van der Waals surface area (Å²) in [5, 5.41) is 20.1. The Morgan fingerprint density at radius 2 is 1.88 bits per heavy atom. The van der Waals surface area contributed by atoms with E-state index in [9.17, 15) is 10.2 Å². The summed E-state index contributed by atoms with van der Waals surface area (Å²) in [6.45, 7) is 6.03. The van der Waals surface area contributed by atoms with Crippen molar-refractivity contribution < 1.29 is 10.2 Å². The van der Waals surface area contributed by atoms with Crippen LogP contribution in [0, 0.1) is 11.8 Å². The predicted molar refractivity (Wildman–Crippen MR) is 71.8 cm³/mol. The van der Waals surface area contributed by atoms with E-state index in [0.717, 1.165) is 25.7 Å². The maximum Gasteiger partial charge on any atom is 0.0572 e. The van der Waals surface area contributed by atoms with Gasteiger partial charge in [0.15, 0.2) is 0 Å². The number of hydrogen-bond acceptors (Lipinski definition) is 2. The molecule has 0 heterocycles. The van der Waals surface area contributed by atoms with Crippen LogP contribution in [-0.4, -0.2) is 22.4 Å². The number of aliphatic hydroxyl groups excluding tert-OH is 2. The Labute approximate surface area is 106 Å². The molecule has 2 N–H and O–H groups in total. The average molecular weight is 240 g/mol. The highest BCUT2D eigenvalue weighted by Crippen LogP contribution is 2.33. The molecule has 2 heteroatoms. The van der Waals surface area contributed by atoms with Crippen molar-refractivity contribution >= 4 is 0 Å². The van der Waals surface area contributed by atoms with Crippen LogP contribution in [0.25, 0.3) is 0 Å². The zero-order valence-corrected chi connectivity index (χ0v) is 11.5. The normalized spacial score (nSPS) is 29.2. The minimum Gasteiger partial charge on any atom is -0.393 e. The van der Waals surface area contributed by atoms with Crippen molar-refractivity contribution in [2.24, 2.45) is 11.8 Å². The fourth-order valence-corrected chi connectivity index (χ4v) is 2.92. The largest absolute Gasteiger partial charge is 0.393 e. The van der Waals surface area contributed by atoms with Crippen molar-refractivity contribution in [2.45, 2.75) is 71.5 Å². The summed E-state index contributed by atoms with van der Waals surface area (Å²) < 4.78 is 0. The van der Waals surface area contributed by atoms with Gasteiger partial charge in [-0.15, -0.1) is 0 Å². The maximum absolute atomic E-state index is 10.2. The highest BCUT2D eigenvalue weighted by Gasteiger charge is 2.31. The first-order chi connectivity index (χ1) is 8.02. The monoisotopic (exact) mass is 240 g/mol. The van der Waals surface area contributed by atoms with Gasteiger partial charge in [0.05, 0.1) is 12.2 Å². The van der Waals surface area contributed by atoms with Gasteiger partial charge in [-0.25, -0.2) is 0 Å². The topological polar surface area (TPSA) is 40.5 Å². The van der Waals surface area contributed by atoms with E-state index < -0.39 is 0 Å². The van der Waals surface area contributed by atoms with Crippen LogP contribution in [0.5, 0.6) is 0 Å². The molecular formula is C15H28O2. The van der Waals surface area contributed by atoms with Crippen LogP contribution in [0.1, 0.15) is 59.3 Å². The van der Waals surface area contributed by atoms with Gasteiger partial charge in [-0.2, -0.15) is 0 Å². The Kier molecular flexibility index (Phi) is 6.21. The molecule has 0 aromatic carbocycles. The molecule has 0 amide bonds. The van der Waals surface area contributed by atoms with Crippen molar-refractivity contribution in [3.8, 4) is 0 Å². The first kappa shape index (κ1) is 14.7. The third kappa shape index (κ3) is 4.81. The molecule has 4 atom stereocenters. The molecule has 1 aliphatic rings. The smallest absolute Gasteiger partial charge is 0.0572 e. The lowest BCUT2D eigenvalue weighted by Gasteiger charge is -2.31. The molecular weight excluding hydrogens is 212 g/mol. The van der Waals surface area contributed by atoms with Gasteiger partial charge in [0, 0.05) is 0 Å². The van der Waals surface area contributed by atoms with E-state index in [1.807, 2.05) is 6.92 Å². The molecule has 0 aromatic rings. The molecule has 0 aliphatic heterocycles. The molecule has 1 fully saturated rings. The predicted octanol–water partition coefficient (Wildman–Crippen LogP) is 3.28. The standard InChI is InChI=1S/C15H28O2/c1-11(2)9-10-13(12(3)16)14-7-5-4-6-8-15(14)17/h9,12-17H,4-8,10H2,1-3H3. The van der Waals surface area contributed by atoms with E-state index in [2.05, 4.69) is 19.9 Å². The summed E-state index contributed by atoms with van der Waals surface area (Å²) >= 11 is 0. The lowest BCUT2D eigenvalue weighted by atomic mass is 9.79. The van der Waals surface area contributed by atoms with Crippen LogP contribution in [0.4, 0.5) is 0 Å². The highest BCUT2D eigenvalue weighted by atomic mass is 16.3. The van der Waals surface area contributed by atoms with Crippen molar-refractivity contribution in [3.05, 3.63) is 11.6 Å². The molecule has 17 heavy (non-hydrogen) atoms. The van der Waals surface area contributed by atoms with Gasteiger partial charge in [-0.05, 0) is 51.9 Å². The van der Waals surface area contributed by atoms with Crippen molar-refractivity contribution in [1.82, 2.24) is 0 Å². The van der Waals surface area contributed by atoms with Gasteiger partial charge in [0.25, 0.3) is 0 Å². The summed E-state index contributed by atoms with van der Waals surface area (Å²) in [6.07, 6.45) is 8.05. The summed E-state index contributed by atoms with van der Waals surface area (Å²) in [5.41, 5.74) is 1.29. The highest BCUT2D eigenvalue weighted by molar-refractivity contribution is 4.96. The van der Waals surface area contributed by atoms with Gasteiger partial charge < -0.3 is 10.2 Å². The van der Waals surface area contributed by atoms with Crippen LogP contribution in [0.15, 0.2) is 11.6 Å². The second-order valence-electron chi connectivity index (χ2n) is 5.79. The third-order valence-electron chi connectivity index (χ3n) is 4.00. The van der Waals surface area contributed by atoms with E-state index >= 15 is 0 Å². The Morgan fingerprint density at radius 1 is 1.24 bits per heavy atom. The van der Waals surface area contributed by atoms with E-state index in [4.69, 9.17) is 0 Å². The third-order valence-corrected chi connectivity index (χ3v) is 4.00. The second-order valence-corrected chi connectivity index (χ2v) is 5.79. The summed E-state index contributed by atoms with van der Waals surface area (Å²) in [4.78, 5) is 0. The van der Waals surface area contributed by atoms with E-state index in [-0.39, 0.29) is 24.0 Å². The molecule has 1 aliphatic carbocycles. The van der Waals surface area contributed by atoms with Gasteiger partial charge in [-0.3, -0.25) is 0 Å². The number of hydrogen-bond donors (Lipinski definition) is 2. The van der Waals surface area contributed by atoms with Crippen molar-refractivity contribution in [2.75, 3.05) is 0 Å². The summed E-state index contributed by atoms with van der Waals surface area (Å²) in [6, 6.07) is 0. The molecule has 4 unspecified atom stereocenters. The first-order valence-electron chi connectivity index (χ1n) is 7.02. The Bertz CT molecular complexity index is 241. The number of rotatable bonds is 4. The van der Waals surface area contributed by atoms with Crippen molar-refractivity contribution in [1.29, 1.82) is 0 Å². The molecule has 0 aromatic heterocycles. The molecule has 1 saturated carbocycles. The zero-order chi connectivity index (χ0) is 12.8. The van der Waals surface area contributed by atoms with Gasteiger partial charge in [-0.1, -0.05) is 30.9 Å². The molecule has 0 saturated heterocycles. The van der Waals surface area contributed by atoms with Crippen LogP contribution < -0.4 is 0 Å². The molecule has 1 rings (SSSR count). The fraction of sp³-hybridized carbons (Fsp3) is 0.867. The molecule has 0 bridgehead atoms. The van der Waals surface area contributed by atoms with E-state index in [0.29, 0.717) is 0 Å². The summed E-state index contributed by atoms with van der Waals surface area (Å²) in [7, 11) is 0. The lowest BCUT2D eigenvalue weighted by molar-refractivity contribution is 0.0119. The average Bonchev–Trinajstić information content (AvgIpc) is 2.44. The summed E-state index contributed by atoms with van der Waals surface area (Å²) in [5.74, 6) is 0.478. The first-order valence-corrected chi connectivity index (χ1v) is 7.02. The molecule has 0 spiro atoms.